The van der Waals surface area contributed by atoms with Crippen LogP contribution >= 0.6 is 0 Å². The fourth-order valence-corrected chi connectivity index (χ4v) is 13.9. The molecule has 0 aliphatic carbocycles. The van der Waals surface area contributed by atoms with Gasteiger partial charge in [0.05, 0.1) is 101 Å². The average Bonchev–Trinajstić information content (AvgIpc) is 1.58. The predicted molar refractivity (Wildman–Crippen MR) is 517 cm³/mol. The quantitative estimate of drug-likeness (QED) is 0.00339. The van der Waals surface area contributed by atoms with Crippen molar-refractivity contribution in [2.45, 2.75) is 126 Å². The van der Waals surface area contributed by atoms with Gasteiger partial charge in [-0.1, -0.05) is 118 Å². The standard InChI is InChI=1S/C26H32FN3O6.C22H22FN3O5.C21H24FN3O4.C19H17FN2O4.C6H15N.C2H5B2O3.C2H7NO/c1-17(32)28-14-21-16-30(25(34)35-21)20-9-10-22(23(27)13-20)19-7-5-18(6-8-19)15-29(11-12-31)24(33)36-26(2,3)4;1-14(27)24-11-18-13-26(22(29)31-18)17-6-7-19(20(23)10-17)16-4-2-15(3-5-16)12-25-8-9-30-21(25)28;1-14(27)24-12-18-13-25(21(28)29-18)17-6-7-19(20(22)10-17)16-4-2-15(3-5-16)11-23-8-9-26;1-12(24)21-9-16-10-22(19(25)26-16)15-6-7-17(18(20)8-15)14-4-2-13(11-23)3-5-14;1-4-7(5-2)6-3;1-3-7-6-2-4-5;3-1-2-4/h5-10,13,21,31H,11-12,14-16H2,1-4H3,(H,28,32);2-7,10,18H,8-9,11-13H2,1H3,(H,24,27);2-7,10,18,23,26H,8-9,11-13H2,1H3,(H,24,27);2-8,11,16H,9-10H2,1H3,(H,21,24);4-6H2,1-3H3;2H2,1H3;4H,1-3H2/t21-;2*18-;16-;;;/m0000.../s1. The van der Waals surface area contributed by atoms with E-state index in [1.54, 1.807) is 142 Å². The molecule has 5 aliphatic rings. The van der Waals surface area contributed by atoms with E-state index in [-0.39, 0.29) is 121 Å². The van der Waals surface area contributed by atoms with Crippen LogP contribution in [0.2, 0.25) is 6.82 Å². The second-order valence-corrected chi connectivity index (χ2v) is 32.7. The number of aliphatic hydroxyl groups excluding tert-OH is 3. The third-order valence-electron chi connectivity index (χ3n) is 21.0. The van der Waals surface area contributed by atoms with Crippen LogP contribution in [0.25, 0.3) is 44.5 Å². The minimum Gasteiger partial charge on any atom is -0.395 e. The molecule has 0 spiro atoms. The Labute approximate surface area is 811 Å². The monoisotopic (exact) mass is 1950 g/mol. The summed E-state index contributed by atoms with van der Waals surface area (Å²) in [5.74, 6) is -2.75. The maximum atomic E-state index is 15.0. The third-order valence-corrected chi connectivity index (χ3v) is 21.0. The van der Waals surface area contributed by atoms with Gasteiger partial charge in [-0.2, -0.15) is 0 Å². The van der Waals surface area contributed by atoms with Gasteiger partial charge >= 0.3 is 78.9 Å². The molecule has 5 heterocycles. The van der Waals surface area contributed by atoms with Crippen molar-refractivity contribution in [1.82, 2.24) is 41.3 Å². The van der Waals surface area contributed by atoms with E-state index < -0.39 is 83.8 Å². The van der Waals surface area contributed by atoms with Crippen molar-refractivity contribution in [1.29, 1.82) is 0 Å². The first-order chi connectivity index (χ1) is 67.0. The van der Waals surface area contributed by atoms with Gasteiger partial charge in [-0.05, 0) is 152 Å². The first-order valence-electron chi connectivity index (χ1n) is 45.3. The number of hydrogen-bond acceptors (Lipinski definition) is 26. The van der Waals surface area contributed by atoms with Gasteiger partial charge in [-0.25, -0.2) is 46.3 Å². The van der Waals surface area contributed by atoms with E-state index in [9.17, 15) is 75.7 Å². The molecule has 751 valence electrons. The van der Waals surface area contributed by atoms with E-state index in [2.05, 4.69) is 61.9 Å². The van der Waals surface area contributed by atoms with E-state index in [1.807, 2.05) is 36.4 Å². The molecule has 5 saturated heterocycles. The zero-order valence-electron chi connectivity index (χ0n) is 80.2. The summed E-state index contributed by atoms with van der Waals surface area (Å²) in [4.78, 5) is 146. The fourth-order valence-electron chi connectivity index (χ4n) is 13.9. The average molecular weight is 1950 g/mol. The van der Waals surface area contributed by atoms with Crippen molar-refractivity contribution in [3.8, 4) is 44.5 Å². The van der Waals surface area contributed by atoms with Crippen LogP contribution in [0.3, 0.4) is 0 Å². The van der Waals surface area contributed by atoms with Crippen molar-refractivity contribution in [3.63, 3.8) is 0 Å². The summed E-state index contributed by atoms with van der Waals surface area (Å²) in [7, 11) is 1.97. The number of anilines is 4. The molecule has 0 bridgehead atoms. The normalized spacial score (nSPS) is 15.5. The number of amides is 10. The SMILES string of the molecule is CC(=O)NC[C@H]1CN(c2ccc(-c3ccc(C=O)cc3)c(F)c2)C(=O)O1.CC(=O)NC[C@H]1CN(c2ccc(-c3ccc(CN(CCO)C(=O)OC(C)(C)C)cc3)c(F)c2)C(=O)O1.CC(=O)NC[C@H]1CN(c2ccc(-c3ccc(CN4CCOC4=O)cc3)c(F)c2)C(=O)O1.CC(=O)NC[C@H]1CN(c2ccc(-c3ccc(CNCCO)cc3)c(F)c2)C(=O)O1.CCN(CC)CC.C[B]OOCB=O.NCCO. The van der Waals surface area contributed by atoms with E-state index in [4.69, 9.17) is 44.4 Å². The molecule has 0 aromatic heterocycles. The number of aldehydes is 1. The van der Waals surface area contributed by atoms with Crippen LogP contribution in [0.4, 0.5) is 69.1 Å². The molecule has 10 amide bonds. The number of hydrogen-bond donors (Lipinski definition) is 9. The van der Waals surface area contributed by atoms with Gasteiger partial charge in [0, 0.05) is 94.8 Å². The predicted octanol–water partition coefficient (Wildman–Crippen LogP) is 11.3. The van der Waals surface area contributed by atoms with Crippen LogP contribution in [0.1, 0.15) is 96.3 Å². The first-order valence-corrected chi connectivity index (χ1v) is 45.3. The van der Waals surface area contributed by atoms with Crippen molar-refractivity contribution in [3.05, 3.63) is 215 Å². The Morgan fingerprint density at radius 1 is 0.500 bits per heavy atom. The summed E-state index contributed by atoms with van der Waals surface area (Å²) in [6.45, 7) is 27.6. The first kappa shape index (κ1) is 113. The van der Waals surface area contributed by atoms with E-state index in [0.29, 0.717) is 114 Å². The summed E-state index contributed by atoms with van der Waals surface area (Å²) >= 11 is 0. The maximum Gasteiger partial charge on any atom is 0.0553 e. The molecule has 10 N–H and O–H groups in total. The summed E-state index contributed by atoms with van der Waals surface area (Å²) in [6, 6.07) is 46.5. The smallest absolute Gasteiger partial charge is 0.0553 e. The van der Waals surface area contributed by atoms with Crippen LogP contribution in [-0.4, -0.2) is 272 Å². The molecule has 8 aromatic rings. The summed E-state index contributed by atoms with van der Waals surface area (Å²) in [6.07, 6.45) is -4.40. The molecule has 5 fully saturated rings. The number of nitrogens with one attached hydrogen (secondary N) is 5. The number of ether oxygens (including phenoxy) is 6. The van der Waals surface area contributed by atoms with Gasteiger partial charge in [-0.3, -0.25) is 43.6 Å². The van der Waals surface area contributed by atoms with Gasteiger partial charge in [0.2, 0.25) is 23.6 Å². The third kappa shape index (κ3) is 36.9. The fraction of sp³-hybridized carbons (Fsp3) is 0.398. The van der Waals surface area contributed by atoms with Crippen molar-refractivity contribution in [2.24, 2.45) is 5.73 Å². The molecule has 5 aliphatic heterocycles. The van der Waals surface area contributed by atoms with Crippen LogP contribution in [0.15, 0.2) is 170 Å². The number of aliphatic hydroxyl groups is 3. The molecule has 42 heteroatoms. The van der Waals surface area contributed by atoms with Crippen LogP contribution in [0.5, 0.6) is 0 Å². The van der Waals surface area contributed by atoms with E-state index >= 15 is 4.39 Å². The molecule has 0 unspecified atom stereocenters. The molecule has 4 atom stereocenters. The van der Waals surface area contributed by atoms with E-state index in [0.717, 1.165) is 28.5 Å². The number of halogens is 4. The van der Waals surface area contributed by atoms with Gasteiger partial charge in [0.15, 0.2) is 0 Å². The van der Waals surface area contributed by atoms with Crippen LogP contribution < -0.4 is 51.9 Å². The van der Waals surface area contributed by atoms with Gasteiger partial charge < -0.3 is 90.8 Å². The zero-order chi connectivity index (χ0) is 103. The van der Waals surface area contributed by atoms with Crippen LogP contribution in [0, 0.1) is 23.3 Å². The Hall–Kier alpha value is -13.7. The minimum atomic E-state index is -0.656. The molecule has 13 rings (SSSR count). The second-order valence-electron chi connectivity index (χ2n) is 32.7. The Morgan fingerprint density at radius 2 is 0.843 bits per heavy atom. The second kappa shape index (κ2) is 58.2. The Morgan fingerprint density at radius 3 is 1.11 bits per heavy atom. The molecule has 36 nitrogen and oxygen atoms in total. The Kier molecular flexibility index (Phi) is 47.1. The van der Waals surface area contributed by atoms with E-state index in [1.165, 1.54) is 104 Å². The molecule has 1 radical (unpaired) electrons. The number of cyclic esters (lactones) is 5. The Balaban J connectivity index is 0.000000240. The summed E-state index contributed by atoms with van der Waals surface area (Å²) in [5.41, 5.74) is 13.1. The molecule has 8 aromatic carbocycles. The van der Waals surface area contributed by atoms with Crippen molar-refractivity contribution < 1.29 is 128 Å². The molecule has 0 saturated carbocycles. The summed E-state index contributed by atoms with van der Waals surface area (Å²) in [5, 5.41) is 39.4. The number of carbonyl (C=O) groups is 11. The molecular weight excluding hydrogens is 1820 g/mol. The molecule has 140 heavy (non-hydrogen) atoms. The zero-order valence-corrected chi connectivity index (χ0v) is 80.2. The van der Waals surface area contributed by atoms with Crippen LogP contribution in [-0.2, 0) is 81.6 Å². The Bertz CT molecular complexity index is 5400. The number of benzene rings is 8. The van der Waals surface area contributed by atoms with Gasteiger partial charge in [0.1, 0.15) is 66.2 Å². The largest absolute Gasteiger partial charge is 0.395 e. The van der Waals surface area contributed by atoms with Gasteiger partial charge in [-0.15, -0.1) is 0 Å². The number of rotatable bonds is 35. The van der Waals surface area contributed by atoms with Crippen molar-refractivity contribution >= 4 is 104 Å². The van der Waals surface area contributed by atoms with Gasteiger partial charge in [0.25, 0.3) is 0 Å². The molecular formula is C98H122B2F4N13O23. The summed E-state index contributed by atoms with van der Waals surface area (Å²) < 4.78 is 99.8. The number of nitrogens with two attached hydrogens (primary N) is 1. The number of carbonyl (C=O) groups excluding carboxylic acids is 11. The maximum absolute atomic E-state index is 15.0. The minimum absolute atomic E-state index is 0.00958. The van der Waals surface area contributed by atoms with Crippen molar-refractivity contribution in [2.75, 3.05) is 151 Å². The number of nitrogens with zero attached hydrogens (tertiary/aromatic N) is 7. The topological polar surface area (TPSA) is 448 Å².